The third kappa shape index (κ3) is 6.20. The van der Waals surface area contributed by atoms with Gasteiger partial charge in [0.1, 0.15) is 5.75 Å². The Balaban J connectivity index is 0.00000341. The van der Waals surface area contributed by atoms with Gasteiger partial charge in [0.2, 0.25) is 5.91 Å². The maximum atomic E-state index is 11.7. The first-order chi connectivity index (χ1) is 14.3. The number of piperidine rings is 1. The molecule has 31 heavy (non-hydrogen) atoms. The van der Waals surface area contributed by atoms with Crippen LogP contribution >= 0.6 is 12.4 Å². The van der Waals surface area contributed by atoms with E-state index in [-0.39, 0.29) is 18.3 Å². The maximum Gasteiger partial charge on any atom is 0.248 e. The molecule has 1 aliphatic heterocycles. The van der Waals surface area contributed by atoms with Crippen molar-refractivity contribution in [1.29, 1.82) is 0 Å². The molecule has 0 bridgehead atoms. The number of carbonyl (C=O) groups is 1. The number of methoxy groups -OCH3 is 1. The summed E-state index contributed by atoms with van der Waals surface area (Å²) in [6.45, 7) is 3.30. The summed E-state index contributed by atoms with van der Waals surface area (Å²) in [6.07, 6.45) is 1.57. The van der Waals surface area contributed by atoms with E-state index >= 15 is 0 Å². The van der Waals surface area contributed by atoms with Gasteiger partial charge in [0.15, 0.2) is 0 Å². The third-order valence-corrected chi connectivity index (χ3v) is 6.07. The number of rotatable bonds is 8. The quantitative estimate of drug-likeness (QED) is 0.650. The van der Waals surface area contributed by atoms with Gasteiger partial charge in [0.05, 0.1) is 12.7 Å². The summed E-state index contributed by atoms with van der Waals surface area (Å²) in [5.74, 6) is 0.424. The Morgan fingerprint density at radius 3 is 2.58 bits per heavy atom. The van der Waals surface area contributed by atoms with Gasteiger partial charge >= 0.3 is 0 Å². The zero-order chi connectivity index (χ0) is 21.7. The van der Waals surface area contributed by atoms with Crippen LogP contribution in [0.2, 0.25) is 0 Å². The van der Waals surface area contributed by atoms with Crippen LogP contribution in [0.1, 0.15) is 27.9 Å². The van der Waals surface area contributed by atoms with Crippen LogP contribution in [0.5, 0.6) is 5.75 Å². The fraction of sp³-hybridized carbons (Fsp3) is 0.458. The van der Waals surface area contributed by atoms with Crippen LogP contribution in [0.4, 0.5) is 0 Å². The standard InChI is InChI=1S/C24H33N3O3.ClH/c1-26(2)16-21-17-27(13-11-18-7-9-22(30-3)10-8-18)14-12-24(21,29)20-6-4-5-19(15-20)23(25)28;/h4-10,15,21,29H,11-14,16-17H2,1-3H3,(H2,25,28);1H. The number of benzene rings is 2. The Kier molecular flexibility index (Phi) is 8.89. The number of halogens is 1. The summed E-state index contributed by atoms with van der Waals surface area (Å²) in [5, 5.41) is 11.7. The lowest BCUT2D eigenvalue weighted by Gasteiger charge is -2.46. The molecule has 0 saturated carbocycles. The van der Waals surface area contributed by atoms with Gasteiger partial charge in [-0.1, -0.05) is 24.3 Å². The number of nitrogens with zero attached hydrogens (tertiary/aromatic N) is 2. The van der Waals surface area contributed by atoms with Gasteiger partial charge in [-0.15, -0.1) is 12.4 Å². The molecular weight excluding hydrogens is 414 g/mol. The SMILES string of the molecule is COc1ccc(CCN2CCC(O)(c3cccc(C(N)=O)c3)C(CN(C)C)C2)cc1.Cl. The topological polar surface area (TPSA) is 79.0 Å². The van der Waals surface area contributed by atoms with Crippen molar-refractivity contribution < 1.29 is 14.6 Å². The molecule has 3 N–H and O–H groups in total. The Morgan fingerprint density at radius 1 is 1.26 bits per heavy atom. The molecule has 0 aliphatic carbocycles. The van der Waals surface area contributed by atoms with E-state index in [9.17, 15) is 9.90 Å². The van der Waals surface area contributed by atoms with Crippen molar-refractivity contribution in [2.45, 2.75) is 18.4 Å². The number of amides is 1. The van der Waals surface area contributed by atoms with Gasteiger partial charge in [-0.25, -0.2) is 0 Å². The second-order valence-electron chi connectivity index (χ2n) is 8.48. The molecule has 0 radical (unpaired) electrons. The predicted octanol–water partition coefficient (Wildman–Crippen LogP) is 2.53. The van der Waals surface area contributed by atoms with E-state index in [1.165, 1.54) is 5.56 Å². The van der Waals surface area contributed by atoms with E-state index in [4.69, 9.17) is 10.5 Å². The van der Waals surface area contributed by atoms with Crippen molar-refractivity contribution in [1.82, 2.24) is 9.80 Å². The van der Waals surface area contributed by atoms with Crippen molar-refractivity contribution in [2.75, 3.05) is 47.4 Å². The molecule has 3 rings (SSSR count). The lowest BCUT2D eigenvalue weighted by molar-refractivity contribution is -0.0843. The van der Waals surface area contributed by atoms with E-state index in [2.05, 4.69) is 21.9 Å². The minimum Gasteiger partial charge on any atom is -0.497 e. The van der Waals surface area contributed by atoms with Gasteiger partial charge < -0.3 is 25.4 Å². The molecule has 1 saturated heterocycles. The van der Waals surface area contributed by atoms with Crippen molar-refractivity contribution in [3.8, 4) is 5.75 Å². The van der Waals surface area contributed by atoms with Crippen LogP contribution in [-0.4, -0.2) is 68.2 Å². The number of carbonyl (C=O) groups excluding carboxylic acids is 1. The number of primary amides is 1. The normalized spacial score (nSPS) is 21.5. The molecule has 7 heteroatoms. The first kappa shape index (κ1) is 25.1. The molecule has 2 aromatic carbocycles. The summed E-state index contributed by atoms with van der Waals surface area (Å²) in [6, 6.07) is 15.3. The maximum absolute atomic E-state index is 11.7. The van der Waals surface area contributed by atoms with Gasteiger partial charge in [-0.3, -0.25) is 4.79 Å². The van der Waals surface area contributed by atoms with Gasteiger partial charge in [-0.2, -0.15) is 0 Å². The van der Waals surface area contributed by atoms with Crippen molar-refractivity contribution in [3.63, 3.8) is 0 Å². The molecule has 2 aromatic rings. The molecule has 0 spiro atoms. The monoisotopic (exact) mass is 447 g/mol. The van der Waals surface area contributed by atoms with Gasteiger partial charge in [-0.05, 0) is 62.3 Å². The third-order valence-electron chi connectivity index (χ3n) is 6.07. The molecule has 1 aliphatic rings. The Morgan fingerprint density at radius 2 is 1.97 bits per heavy atom. The molecule has 1 fully saturated rings. The molecule has 2 atom stereocenters. The minimum atomic E-state index is -0.980. The molecular formula is C24H34ClN3O3. The number of hydrogen-bond acceptors (Lipinski definition) is 5. The highest BCUT2D eigenvalue weighted by molar-refractivity contribution is 5.92. The first-order valence-electron chi connectivity index (χ1n) is 10.4. The highest BCUT2D eigenvalue weighted by atomic mass is 35.5. The fourth-order valence-electron chi connectivity index (χ4n) is 4.34. The van der Waals surface area contributed by atoms with Crippen LogP contribution in [0.3, 0.4) is 0 Å². The van der Waals surface area contributed by atoms with E-state index in [0.29, 0.717) is 12.0 Å². The molecule has 0 aromatic heterocycles. The average Bonchev–Trinajstić information content (AvgIpc) is 2.74. The number of aliphatic hydroxyl groups is 1. The first-order valence-corrected chi connectivity index (χ1v) is 10.4. The number of hydrogen-bond donors (Lipinski definition) is 2. The van der Waals surface area contributed by atoms with Gasteiger partial charge in [0, 0.05) is 37.7 Å². The van der Waals surface area contributed by atoms with E-state index in [1.807, 2.05) is 32.3 Å². The second-order valence-corrected chi connectivity index (χ2v) is 8.48. The van der Waals surface area contributed by atoms with Crippen molar-refractivity contribution >= 4 is 18.3 Å². The summed E-state index contributed by atoms with van der Waals surface area (Å²) in [4.78, 5) is 16.2. The largest absolute Gasteiger partial charge is 0.497 e. The minimum absolute atomic E-state index is 0. The van der Waals surface area contributed by atoms with Crippen LogP contribution < -0.4 is 10.5 Å². The fourth-order valence-corrected chi connectivity index (χ4v) is 4.34. The Bertz CT molecular complexity index is 859. The van der Waals surface area contributed by atoms with Crippen LogP contribution in [0.15, 0.2) is 48.5 Å². The Hall–Kier alpha value is -2.12. The van der Waals surface area contributed by atoms with Crippen molar-refractivity contribution in [3.05, 3.63) is 65.2 Å². The number of ether oxygens (including phenoxy) is 1. The van der Waals surface area contributed by atoms with E-state index in [1.54, 1.807) is 25.3 Å². The van der Waals surface area contributed by atoms with Crippen LogP contribution in [-0.2, 0) is 12.0 Å². The number of nitrogens with two attached hydrogens (primary N) is 1. The molecule has 1 heterocycles. The predicted molar refractivity (Wildman–Crippen MR) is 126 cm³/mol. The summed E-state index contributed by atoms with van der Waals surface area (Å²) < 4.78 is 5.23. The highest BCUT2D eigenvalue weighted by Crippen LogP contribution is 2.38. The smallest absolute Gasteiger partial charge is 0.248 e. The van der Waals surface area contributed by atoms with Crippen molar-refractivity contribution in [2.24, 2.45) is 11.7 Å². The summed E-state index contributed by atoms with van der Waals surface area (Å²) >= 11 is 0. The second kappa shape index (κ2) is 11.0. The molecule has 170 valence electrons. The molecule has 2 unspecified atom stereocenters. The average molecular weight is 448 g/mol. The zero-order valence-corrected chi connectivity index (χ0v) is 19.4. The van der Waals surface area contributed by atoms with Gasteiger partial charge in [0.25, 0.3) is 0 Å². The lowest BCUT2D eigenvalue weighted by Crippen LogP contribution is -2.53. The zero-order valence-electron chi connectivity index (χ0n) is 18.6. The van der Waals surface area contributed by atoms with Crippen LogP contribution in [0.25, 0.3) is 0 Å². The summed E-state index contributed by atoms with van der Waals surface area (Å²) in [7, 11) is 5.72. The Labute approximate surface area is 191 Å². The van der Waals surface area contributed by atoms with Crippen LogP contribution in [0, 0.1) is 5.92 Å². The summed E-state index contributed by atoms with van der Waals surface area (Å²) in [5.41, 5.74) is 6.97. The molecule has 6 nitrogen and oxygen atoms in total. The highest BCUT2D eigenvalue weighted by Gasteiger charge is 2.43. The molecule has 1 amide bonds. The lowest BCUT2D eigenvalue weighted by atomic mass is 9.75. The van der Waals surface area contributed by atoms with E-state index in [0.717, 1.165) is 43.9 Å². The van der Waals surface area contributed by atoms with E-state index < -0.39 is 11.5 Å². The number of likely N-dealkylation sites (tertiary alicyclic amines) is 1.